The second kappa shape index (κ2) is 5.54. The maximum absolute atomic E-state index is 12.6. The van der Waals surface area contributed by atoms with Gasteiger partial charge in [-0.25, -0.2) is 0 Å². The Hall–Kier alpha value is -2.20. The molecule has 3 rings (SSSR count). The van der Waals surface area contributed by atoms with E-state index in [0.29, 0.717) is 5.75 Å². The number of hydrogen-bond donors (Lipinski definition) is 0. The Bertz CT molecular complexity index is 822. The van der Waals surface area contributed by atoms with Crippen LogP contribution in [0, 0.1) is 6.07 Å². The van der Waals surface area contributed by atoms with E-state index in [1.807, 2.05) is 30.3 Å². The molecule has 22 heavy (non-hydrogen) atoms. The highest BCUT2D eigenvalue weighted by Gasteiger charge is 2.31. The van der Waals surface area contributed by atoms with Crippen molar-refractivity contribution >= 4 is 22.4 Å². The van der Waals surface area contributed by atoms with Crippen molar-refractivity contribution in [2.75, 3.05) is 0 Å². The lowest BCUT2D eigenvalue weighted by Gasteiger charge is -2.12. The molecule has 0 N–H and O–H groups in total. The van der Waals surface area contributed by atoms with E-state index < -0.39 is 11.7 Å². The summed E-state index contributed by atoms with van der Waals surface area (Å²) in [7, 11) is 0. The topological polar surface area (TPSA) is 9.23 Å². The number of hydrogen-bond acceptors (Lipinski definition) is 1. The van der Waals surface area contributed by atoms with Crippen LogP contribution in [0.4, 0.5) is 13.2 Å². The van der Waals surface area contributed by atoms with Crippen LogP contribution in [0.25, 0.3) is 10.8 Å². The number of rotatable bonds is 2. The molecule has 3 aromatic carbocycles. The number of halogens is 4. The Labute approximate surface area is 129 Å². The van der Waals surface area contributed by atoms with Gasteiger partial charge in [-0.15, -0.1) is 0 Å². The van der Waals surface area contributed by atoms with Crippen LogP contribution in [0.2, 0.25) is 5.02 Å². The predicted octanol–water partition coefficient (Wildman–Crippen LogP) is 6.10. The first kappa shape index (κ1) is 14.7. The summed E-state index contributed by atoms with van der Waals surface area (Å²) in [5, 5.41) is 1.65. The molecule has 1 radical (unpaired) electrons. The quantitative estimate of drug-likeness (QED) is 0.553. The summed E-state index contributed by atoms with van der Waals surface area (Å²) in [6, 6.07) is 17.0. The van der Waals surface area contributed by atoms with Gasteiger partial charge in [-0.3, -0.25) is 0 Å². The molecule has 0 spiro atoms. The summed E-state index contributed by atoms with van der Waals surface area (Å²) in [6.45, 7) is 0. The molecule has 0 atom stereocenters. The van der Waals surface area contributed by atoms with Crippen molar-refractivity contribution in [2.24, 2.45) is 0 Å². The summed E-state index contributed by atoms with van der Waals surface area (Å²) >= 11 is 5.90. The minimum Gasteiger partial charge on any atom is -0.454 e. The number of alkyl halides is 3. The monoisotopic (exact) mass is 321 g/mol. The molecule has 1 nitrogen and oxygen atoms in total. The molecule has 0 aliphatic rings. The third-order valence-electron chi connectivity index (χ3n) is 3.15. The van der Waals surface area contributed by atoms with Gasteiger partial charge < -0.3 is 4.74 Å². The first-order valence-corrected chi connectivity index (χ1v) is 6.77. The van der Waals surface area contributed by atoms with Gasteiger partial charge in [0.05, 0.1) is 10.6 Å². The summed E-state index contributed by atoms with van der Waals surface area (Å²) in [6.07, 6.45) is -4.44. The van der Waals surface area contributed by atoms with Crippen LogP contribution in [0.3, 0.4) is 0 Å². The van der Waals surface area contributed by atoms with Crippen LogP contribution >= 0.6 is 11.6 Å². The smallest absolute Gasteiger partial charge is 0.416 e. The Morgan fingerprint density at radius 2 is 1.77 bits per heavy atom. The van der Waals surface area contributed by atoms with Crippen LogP contribution in [-0.2, 0) is 6.18 Å². The van der Waals surface area contributed by atoms with Gasteiger partial charge in [-0.1, -0.05) is 41.9 Å². The zero-order valence-corrected chi connectivity index (χ0v) is 11.9. The number of benzene rings is 3. The zero-order valence-electron chi connectivity index (χ0n) is 11.1. The molecule has 0 saturated heterocycles. The maximum Gasteiger partial charge on any atom is 0.416 e. The van der Waals surface area contributed by atoms with Gasteiger partial charge in [-0.2, -0.15) is 13.2 Å². The molecule has 0 bridgehead atoms. The van der Waals surface area contributed by atoms with E-state index in [1.54, 1.807) is 6.07 Å². The highest BCUT2D eigenvalue weighted by atomic mass is 35.5. The molecule has 5 heteroatoms. The SMILES string of the molecule is FC(F)(F)c1ccc(Oc2[c]ccc3ccccc23)c(Cl)c1. The van der Waals surface area contributed by atoms with Crippen LogP contribution < -0.4 is 4.74 Å². The fourth-order valence-corrected chi connectivity index (χ4v) is 2.31. The van der Waals surface area contributed by atoms with Crippen molar-refractivity contribution in [2.45, 2.75) is 6.18 Å². The average Bonchev–Trinajstić information content (AvgIpc) is 2.48. The van der Waals surface area contributed by atoms with E-state index in [2.05, 4.69) is 6.07 Å². The van der Waals surface area contributed by atoms with Gasteiger partial charge in [0.1, 0.15) is 11.5 Å². The lowest BCUT2D eigenvalue weighted by atomic mass is 10.1. The molecule has 3 aromatic rings. The van der Waals surface area contributed by atoms with E-state index in [1.165, 1.54) is 6.07 Å². The fourth-order valence-electron chi connectivity index (χ4n) is 2.09. The lowest BCUT2D eigenvalue weighted by Crippen LogP contribution is -2.04. The first-order chi connectivity index (χ1) is 10.4. The van der Waals surface area contributed by atoms with E-state index in [-0.39, 0.29) is 10.8 Å². The van der Waals surface area contributed by atoms with Crippen LogP contribution in [-0.4, -0.2) is 0 Å². The van der Waals surface area contributed by atoms with Crippen LogP contribution in [0.15, 0.2) is 54.6 Å². The number of fused-ring (bicyclic) bond motifs is 1. The van der Waals surface area contributed by atoms with Gasteiger partial charge >= 0.3 is 6.18 Å². The summed E-state index contributed by atoms with van der Waals surface area (Å²) in [4.78, 5) is 0. The van der Waals surface area contributed by atoms with Crippen molar-refractivity contribution < 1.29 is 17.9 Å². The fraction of sp³-hybridized carbons (Fsp3) is 0.0588. The van der Waals surface area contributed by atoms with Crippen molar-refractivity contribution in [1.29, 1.82) is 0 Å². The third kappa shape index (κ3) is 2.88. The molecular formula is C17H9ClF3O. The maximum atomic E-state index is 12.6. The van der Waals surface area contributed by atoms with E-state index in [0.717, 1.165) is 22.9 Å². The second-order valence-electron chi connectivity index (χ2n) is 4.64. The van der Waals surface area contributed by atoms with E-state index >= 15 is 0 Å². The molecular weight excluding hydrogens is 313 g/mol. The third-order valence-corrected chi connectivity index (χ3v) is 3.45. The summed E-state index contributed by atoms with van der Waals surface area (Å²) in [5.41, 5.74) is -0.813. The predicted molar refractivity (Wildman–Crippen MR) is 79.3 cm³/mol. The van der Waals surface area contributed by atoms with Crippen molar-refractivity contribution in [1.82, 2.24) is 0 Å². The largest absolute Gasteiger partial charge is 0.454 e. The molecule has 0 aliphatic carbocycles. The second-order valence-corrected chi connectivity index (χ2v) is 5.05. The standard InChI is InChI=1S/C17H9ClF3O/c18-14-10-12(17(19,20)21)8-9-16(14)22-15-7-3-5-11-4-1-2-6-13(11)15/h1-6,8-10H. The van der Waals surface area contributed by atoms with Crippen molar-refractivity contribution in [3.8, 4) is 11.5 Å². The highest BCUT2D eigenvalue weighted by Crippen LogP contribution is 2.37. The molecule has 111 valence electrons. The van der Waals surface area contributed by atoms with Gasteiger partial charge in [0.15, 0.2) is 0 Å². The highest BCUT2D eigenvalue weighted by molar-refractivity contribution is 6.32. The summed E-state index contributed by atoms with van der Waals surface area (Å²) < 4.78 is 43.5. The Morgan fingerprint density at radius 1 is 1.00 bits per heavy atom. The molecule has 0 fully saturated rings. The molecule has 0 aliphatic heterocycles. The zero-order chi connectivity index (χ0) is 15.7. The molecule has 0 heterocycles. The van der Waals surface area contributed by atoms with Gasteiger partial charge in [-0.05, 0) is 29.7 Å². The van der Waals surface area contributed by atoms with Crippen molar-refractivity contribution in [3.05, 3.63) is 71.2 Å². The minimum atomic E-state index is -4.44. The number of ether oxygens (including phenoxy) is 1. The minimum absolute atomic E-state index is 0.101. The molecule has 0 amide bonds. The first-order valence-electron chi connectivity index (χ1n) is 6.39. The van der Waals surface area contributed by atoms with E-state index in [9.17, 15) is 13.2 Å². The lowest BCUT2D eigenvalue weighted by molar-refractivity contribution is -0.137. The normalized spacial score (nSPS) is 11.6. The van der Waals surface area contributed by atoms with Crippen LogP contribution in [0.1, 0.15) is 5.56 Å². The Kier molecular flexibility index (Phi) is 3.71. The summed E-state index contributed by atoms with van der Waals surface area (Å²) in [5.74, 6) is 0.571. The average molecular weight is 322 g/mol. The van der Waals surface area contributed by atoms with Gasteiger partial charge in [0.25, 0.3) is 0 Å². The van der Waals surface area contributed by atoms with Crippen LogP contribution in [0.5, 0.6) is 11.5 Å². The molecule has 0 unspecified atom stereocenters. The van der Waals surface area contributed by atoms with Crippen molar-refractivity contribution in [3.63, 3.8) is 0 Å². The van der Waals surface area contributed by atoms with Gasteiger partial charge in [0, 0.05) is 11.5 Å². The Morgan fingerprint density at radius 3 is 2.50 bits per heavy atom. The molecule has 0 saturated carbocycles. The van der Waals surface area contributed by atoms with E-state index in [4.69, 9.17) is 16.3 Å². The molecule has 0 aromatic heterocycles. The Balaban J connectivity index is 1.99. The van der Waals surface area contributed by atoms with Gasteiger partial charge in [0.2, 0.25) is 0 Å².